The van der Waals surface area contributed by atoms with E-state index in [-0.39, 0.29) is 0 Å². The Balaban J connectivity index is 0. The molecule has 0 heterocycles. The second kappa shape index (κ2) is 8.48. The standard InChI is InChI=1S/C6H12N2O3.C3H7NO2/c1-3(7)5(9)8-4(2)6(10)11;1-2(4)3(5)6/h3-4H,7H2,1-2H3,(H,8,9)(H,10,11);2H,4H2,1H3,(H,5,6)/t3-,4+;2-/m10/s1. The summed E-state index contributed by atoms with van der Waals surface area (Å²) in [6.07, 6.45) is 0. The third-order valence-electron chi connectivity index (χ3n) is 1.53. The van der Waals surface area contributed by atoms with Gasteiger partial charge in [0.1, 0.15) is 12.1 Å². The molecule has 0 bridgehead atoms. The number of hydrogen-bond donors (Lipinski definition) is 5. The Morgan fingerprint density at radius 1 is 0.941 bits per heavy atom. The van der Waals surface area contributed by atoms with E-state index in [2.05, 4.69) is 5.32 Å². The fourth-order valence-electron chi connectivity index (χ4n) is 0.407. The Morgan fingerprint density at radius 2 is 1.29 bits per heavy atom. The van der Waals surface area contributed by atoms with Gasteiger partial charge in [-0.25, -0.2) is 0 Å². The molecular weight excluding hydrogens is 230 g/mol. The predicted octanol–water partition coefficient (Wildman–Crippen LogP) is -1.66. The molecular formula is C9H19N3O5. The molecule has 100 valence electrons. The zero-order valence-corrected chi connectivity index (χ0v) is 10.0. The maximum atomic E-state index is 10.8. The number of nitrogens with two attached hydrogens (primary N) is 2. The van der Waals surface area contributed by atoms with Crippen molar-refractivity contribution in [3.05, 3.63) is 0 Å². The second-order valence-corrected chi connectivity index (χ2v) is 3.48. The summed E-state index contributed by atoms with van der Waals surface area (Å²) in [6.45, 7) is 4.29. The van der Waals surface area contributed by atoms with Crippen LogP contribution in [0.3, 0.4) is 0 Å². The van der Waals surface area contributed by atoms with Gasteiger partial charge in [-0.2, -0.15) is 0 Å². The summed E-state index contributed by atoms with van der Waals surface area (Å²) in [5.74, 6) is -2.49. The number of nitrogens with one attached hydrogen (secondary N) is 1. The average Bonchev–Trinajstić information content (AvgIpc) is 2.17. The van der Waals surface area contributed by atoms with Crippen LogP contribution in [0.4, 0.5) is 0 Å². The molecule has 0 aromatic carbocycles. The zero-order valence-electron chi connectivity index (χ0n) is 10.0. The van der Waals surface area contributed by atoms with Crippen LogP contribution in [-0.4, -0.2) is 46.2 Å². The molecule has 0 aliphatic carbocycles. The molecule has 0 radical (unpaired) electrons. The van der Waals surface area contributed by atoms with Crippen LogP contribution < -0.4 is 16.8 Å². The number of rotatable bonds is 4. The smallest absolute Gasteiger partial charge is 0.325 e. The van der Waals surface area contributed by atoms with Crippen molar-refractivity contribution < 1.29 is 24.6 Å². The number of aliphatic carboxylic acids is 2. The topological polar surface area (TPSA) is 156 Å². The van der Waals surface area contributed by atoms with Crippen molar-refractivity contribution in [2.24, 2.45) is 11.5 Å². The van der Waals surface area contributed by atoms with Gasteiger partial charge in [0.05, 0.1) is 6.04 Å². The minimum Gasteiger partial charge on any atom is -0.480 e. The summed E-state index contributed by atoms with van der Waals surface area (Å²) in [7, 11) is 0. The van der Waals surface area contributed by atoms with Gasteiger partial charge in [0.2, 0.25) is 5.91 Å². The van der Waals surface area contributed by atoms with Crippen molar-refractivity contribution in [1.82, 2.24) is 5.32 Å². The van der Waals surface area contributed by atoms with Crippen molar-refractivity contribution in [3.63, 3.8) is 0 Å². The monoisotopic (exact) mass is 249 g/mol. The van der Waals surface area contributed by atoms with E-state index >= 15 is 0 Å². The first kappa shape index (κ1) is 17.7. The van der Waals surface area contributed by atoms with Crippen LogP contribution in [0.15, 0.2) is 0 Å². The molecule has 0 aliphatic rings. The molecule has 3 atom stereocenters. The maximum Gasteiger partial charge on any atom is 0.325 e. The molecule has 8 heteroatoms. The molecule has 0 spiro atoms. The highest BCUT2D eigenvalue weighted by Gasteiger charge is 2.15. The van der Waals surface area contributed by atoms with Gasteiger partial charge in [-0.15, -0.1) is 0 Å². The largest absolute Gasteiger partial charge is 0.480 e. The number of carbonyl (C=O) groups excluding carboxylic acids is 1. The summed E-state index contributed by atoms with van der Waals surface area (Å²) in [4.78, 5) is 30.5. The highest BCUT2D eigenvalue weighted by molar-refractivity contribution is 5.86. The average molecular weight is 249 g/mol. The second-order valence-electron chi connectivity index (χ2n) is 3.48. The number of carboxylic acid groups (broad SMARTS) is 2. The maximum absolute atomic E-state index is 10.8. The van der Waals surface area contributed by atoms with Crippen molar-refractivity contribution >= 4 is 17.8 Å². The van der Waals surface area contributed by atoms with Crippen molar-refractivity contribution in [3.8, 4) is 0 Å². The highest BCUT2D eigenvalue weighted by atomic mass is 16.4. The van der Waals surface area contributed by atoms with E-state index in [4.69, 9.17) is 21.7 Å². The Labute approximate surface area is 99.0 Å². The molecule has 0 fully saturated rings. The molecule has 0 rings (SSSR count). The summed E-state index contributed by atoms with van der Waals surface area (Å²) >= 11 is 0. The third-order valence-corrected chi connectivity index (χ3v) is 1.53. The van der Waals surface area contributed by atoms with Gasteiger partial charge in [0, 0.05) is 0 Å². The van der Waals surface area contributed by atoms with Crippen molar-refractivity contribution in [1.29, 1.82) is 0 Å². The van der Waals surface area contributed by atoms with E-state index < -0.39 is 36.0 Å². The first-order valence-electron chi connectivity index (χ1n) is 4.86. The lowest BCUT2D eigenvalue weighted by atomic mass is 10.3. The number of carbonyl (C=O) groups is 3. The fourth-order valence-corrected chi connectivity index (χ4v) is 0.407. The van der Waals surface area contributed by atoms with E-state index in [1.807, 2.05) is 0 Å². The quantitative estimate of drug-likeness (QED) is 0.399. The Morgan fingerprint density at radius 3 is 1.47 bits per heavy atom. The van der Waals surface area contributed by atoms with E-state index in [9.17, 15) is 14.4 Å². The lowest BCUT2D eigenvalue weighted by Crippen LogP contribution is -2.45. The number of hydrogen-bond acceptors (Lipinski definition) is 5. The van der Waals surface area contributed by atoms with Gasteiger partial charge < -0.3 is 27.0 Å². The van der Waals surface area contributed by atoms with Crippen LogP contribution in [0.2, 0.25) is 0 Å². The summed E-state index contributed by atoms with van der Waals surface area (Å²) < 4.78 is 0. The Kier molecular flexibility index (Phi) is 8.84. The molecule has 7 N–H and O–H groups in total. The minimum atomic E-state index is -1.07. The van der Waals surface area contributed by atoms with Crippen LogP contribution >= 0.6 is 0 Å². The molecule has 0 aromatic rings. The fraction of sp³-hybridized carbons (Fsp3) is 0.667. The van der Waals surface area contributed by atoms with E-state index in [1.165, 1.54) is 20.8 Å². The molecule has 0 unspecified atom stereocenters. The first-order valence-corrected chi connectivity index (χ1v) is 4.86. The van der Waals surface area contributed by atoms with E-state index in [0.29, 0.717) is 0 Å². The molecule has 0 aliphatic heterocycles. The normalized spacial score (nSPS) is 14.6. The third kappa shape index (κ3) is 10.6. The van der Waals surface area contributed by atoms with Gasteiger partial charge in [-0.3, -0.25) is 14.4 Å². The van der Waals surface area contributed by atoms with Crippen LogP contribution in [0, 0.1) is 0 Å². The number of amides is 1. The predicted molar refractivity (Wildman–Crippen MR) is 60.2 cm³/mol. The summed E-state index contributed by atoms with van der Waals surface area (Å²) in [6, 6.07) is -2.28. The zero-order chi connectivity index (χ0) is 14.2. The van der Waals surface area contributed by atoms with Crippen LogP contribution in [-0.2, 0) is 14.4 Å². The van der Waals surface area contributed by atoms with Gasteiger partial charge in [-0.1, -0.05) is 0 Å². The number of carboxylic acids is 2. The van der Waals surface area contributed by atoms with Gasteiger partial charge in [0.25, 0.3) is 0 Å². The molecule has 0 saturated carbocycles. The summed E-state index contributed by atoms with van der Waals surface area (Å²) in [5, 5.41) is 18.4. The highest BCUT2D eigenvalue weighted by Crippen LogP contribution is 1.83. The van der Waals surface area contributed by atoms with Crippen molar-refractivity contribution in [2.45, 2.75) is 38.9 Å². The first-order chi connectivity index (χ1) is 7.59. The summed E-state index contributed by atoms with van der Waals surface area (Å²) in [5.41, 5.74) is 10.0. The molecule has 0 saturated heterocycles. The van der Waals surface area contributed by atoms with Gasteiger partial charge in [0.15, 0.2) is 0 Å². The molecule has 0 aromatic heterocycles. The Bertz CT molecular complexity index is 278. The molecule has 17 heavy (non-hydrogen) atoms. The van der Waals surface area contributed by atoms with Gasteiger partial charge in [-0.05, 0) is 20.8 Å². The lowest BCUT2D eigenvalue weighted by molar-refractivity contribution is -0.141. The molecule has 1 amide bonds. The molecule has 8 nitrogen and oxygen atoms in total. The SMILES string of the molecule is C[C@H](N)C(=O)O.C[C@H](NC(=O)[C@@H](C)N)C(=O)O. The Hall–Kier alpha value is -1.67. The van der Waals surface area contributed by atoms with Gasteiger partial charge >= 0.3 is 11.9 Å². The van der Waals surface area contributed by atoms with Crippen LogP contribution in [0.25, 0.3) is 0 Å². The van der Waals surface area contributed by atoms with Crippen LogP contribution in [0.1, 0.15) is 20.8 Å². The van der Waals surface area contributed by atoms with E-state index in [1.54, 1.807) is 0 Å². The van der Waals surface area contributed by atoms with Crippen molar-refractivity contribution in [2.75, 3.05) is 0 Å². The van der Waals surface area contributed by atoms with Crippen LogP contribution in [0.5, 0.6) is 0 Å². The minimum absolute atomic E-state index is 0.458. The van der Waals surface area contributed by atoms with E-state index in [0.717, 1.165) is 0 Å². The lowest BCUT2D eigenvalue weighted by Gasteiger charge is -2.10.